The Labute approximate surface area is 374 Å². The van der Waals surface area contributed by atoms with Crippen LogP contribution in [0.15, 0.2) is 116 Å². The first-order valence-electron chi connectivity index (χ1n) is 21.8. The van der Waals surface area contributed by atoms with Crippen molar-refractivity contribution in [2.24, 2.45) is 7.05 Å². The van der Waals surface area contributed by atoms with Gasteiger partial charge < -0.3 is 28.8 Å². The fraction of sp³-hybridized carbons (Fsp3) is 0.216. The van der Waals surface area contributed by atoms with Gasteiger partial charge in [-0.05, 0) is 58.4 Å². The van der Waals surface area contributed by atoms with Crippen LogP contribution in [0, 0.1) is 0 Å². The summed E-state index contributed by atoms with van der Waals surface area (Å²) >= 11 is 0. The zero-order valence-electron chi connectivity index (χ0n) is 36.7. The van der Waals surface area contributed by atoms with E-state index in [1.807, 2.05) is 115 Å². The third-order valence-corrected chi connectivity index (χ3v) is 12.6. The minimum absolute atomic E-state index is 0.290. The summed E-state index contributed by atoms with van der Waals surface area (Å²) in [6, 6.07) is 31.4. The minimum atomic E-state index is -0.437. The number of likely N-dealkylation sites (N-methyl/N-ethyl adjacent to an activating group) is 1. The number of para-hydroxylation sites is 4. The number of aromatic nitrogens is 5. The lowest BCUT2D eigenvalue weighted by Crippen LogP contribution is -2.45. The molecule has 0 aliphatic carbocycles. The van der Waals surface area contributed by atoms with Crippen molar-refractivity contribution in [1.82, 2.24) is 44.5 Å². The average molecular weight is 865 g/mol. The molecule has 14 nitrogen and oxygen atoms in total. The van der Waals surface area contributed by atoms with Crippen LogP contribution in [-0.2, 0) is 32.8 Å². The number of hydrogen-bond donors (Lipinski definition) is 3. The predicted molar refractivity (Wildman–Crippen MR) is 256 cm³/mol. The van der Waals surface area contributed by atoms with Gasteiger partial charge in [0.15, 0.2) is 0 Å². The zero-order valence-corrected chi connectivity index (χ0v) is 36.7. The maximum atomic E-state index is 13.1. The first-order chi connectivity index (χ1) is 31.5. The topological polar surface area (TPSA) is 153 Å². The first kappa shape index (κ1) is 41.3. The van der Waals surface area contributed by atoms with Crippen LogP contribution in [0.3, 0.4) is 0 Å². The van der Waals surface area contributed by atoms with Gasteiger partial charge in [-0.2, -0.15) is 0 Å². The lowest BCUT2D eigenvalue weighted by atomic mass is 9.95. The normalized spacial score (nSPS) is 15.9. The van der Waals surface area contributed by atoms with Crippen LogP contribution in [-0.4, -0.2) is 111 Å². The molecule has 7 heterocycles. The number of carbonyl (C=O) groups excluding carboxylic acids is 4. The van der Waals surface area contributed by atoms with E-state index in [2.05, 4.69) is 62.1 Å². The van der Waals surface area contributed by atoms with Gasteiger partial charge in [0, 0.05) is 113 Å². The van der Waals surface area contributed by atoms with Gasteiger partial charge in [0.05, 0.1) is 33.5 Å². The minimum Gasteiger partial charge on any atom is -0.361 e. The van der Waals surface area contributed by atoms with Crippen molar-refractivity contribution in [3.05, 3.63) is 138 Å². The number of fused-ring (bicyclic) bond motifs is 4. The number of imide groups is 2. The van der Waals surface area contributed by atoms with Crippen molar-refractivity contribution >= 4 is 95.5 Å². The number of H-pyrrole nitrogens is 1. The zero-order chi connectivity index (χ0) is 44.9. The number of rotatable bonds is 9. The molecule has 4 amide bonds. The summed E-state index contributed by atoms with van der Waals surface area (Å²) in [5.41, 5.74) is 8.02. The van der Waals surface area contributed by atoms with Crippen molar-refractivity contribution in [1.29, 1.82) is 0 Å². The Hall–Kier alpha value is -7.68. The highest BCUT2D eigenvalue weighted by Gasteiger charge is 2.37. The molecule has 326 valence electrons. The van der Waals surface area contributed by atoms with Crippen molar-refractivity contribution in [3.8, 4) is 0 Å². The van der Waals surface area contributed by atoms with Gasteiger partial charge >= 0.3 is 0 Å². The van der Waals surface area contributed by atoms with Crippen molar-refractivity contribution in [3.63, 3.8) is 0 Å². The number of anilines is 1. The van der Waals surface area contributed by atoms with Gasteiger partial charge in [-0.3, -0.25) is 29.8 Å². The second-order valence-corrected chi connectivity index (χ2v) is 17.1. The number of hydrogen-bond acceptors (Lipinski definition) is 9. The standard InChI is InChI=1S/C26H26N4O2.C25H22N6O2/c1-28(2)13-8-14-30-16-20(18-10-5-7-12-22(18)30)24-23(25(31)27-26(24)32)19-15-29(3)21-11-6-4-9-17(19)21;1-30-10-12-31(13-11-30)25-27-19-9-5-3-7-16(19)22(28-25)21-20(23(32)29-24(21)33)17-14-26-18-8-4-2-6-15(17)18/h4-7,9-12,15-16H,8,13-14H2,1-3H3,(H,27,31,32);2-9,14,26H,10-13H2,1H3,(H,29,32,33). The van der Waals surface area contributed by atoms with E-state index in [1.54, 1.807) is 6.20 Å². The van der Waals surface area contributed by atoms with Gasteiger partial charge in [-0.25, -0.2) is 9.97 Å². The molecule has 3 aliphatic heterocycles. The molecule has 0 saturated carbocycles. The van der Waals surface area contributed by atoms with Gasteiger partial charge in [0.2, 0.25) is 5.95 Å². The maximum Gasteiger partial charge on any atom is 0.261 e. The molecule has 11 rings (SSSR count). The van der Waals surface area contributed by atoms with Crippen LogP contribution in [0.25, 0.3) is 65.9 Å². The molecule has 0 radical (unpaired) electrons. The van der Waals surface area contributed by atoms with E-state index in [1.165, 1.54) is 0 Å². The number of aromatic amines is 1. The second-order valence-electron chi connectivity index (χ2n) is 17.1. The lowest BCUT2D eigenvalue weighted by molar-refractivity contribution is -0.124. The maximum absolute atomic E-state index is 13.1. The summed E-state index contributed by atoms with van der Waals surface area (Å²) < 4.78 is 4.19. The molecule has 0 atom stereocenters. The van der Waals surface area contributed by atoms with Crippen LogP contribution in [0.5, 0.6) is 0 Å². The van der Waals surface area contributed by atoms with E-state index in [-0.39, 0.29) is 11.8 Å². The number of carbonyl (C=O) groups is 4. The summed E-state index contributed by atoms with van der Waals surface area (Å²) in [6.45, 7) is 5.24. The third-order valence-electron chi connectivity index (χ3n) is 12.6. The lowest BCUT2D eigenvalue weighted by Gasteiger charge is -2.32. The smallest absolute Gasteiger partial charge is 0.261 e. The Kier molecular flexibility index (Phi) is 10.7. The highest BCUT2D eigenvalue weighted by molar-refractivity contribution is 6.51. The van der Waals surface area contributed by atoms with Crippen molar-refractivity contribution in [2.45, 2.75) is 13.0 Å². The molecule has 1 fully saturated rings. The molecule has 8 aromatic rings. The quantitative estimate of drug-likeness (QED) is 0.147. The Bertz CT molecular complexity index is 3310. The summed E-state index contributed by atoms with van der Waals surface area (Å²) in [5, 5.41) is 8.60. The van der Waals surface area contributed by atoms with Crippen molar-refractivity contribution in [2.75, 3.05) is 58.8 Å². The number of amides is 4. The van der Waals surface area contributed by atoms with Crippen LogP contribution >= 0.6 is 0 Å². The van der Waals surface area contributed by atoms with Crippen LogP contribution in [0.1, 0.15) is 28.8 Å². The molecule has 1 saturated heterocycles. The molecule has 0 unspecified atom stereocenters. The van der Waals surface area contributed by atoms with E-state index < -0.39 is 11.8 Å². The Morgan fingerprint density at radius 3 is 1.83 bits per heavy atom. The molecule has 14 heteroatoms. The second kappa shape index (κ2) is 16.8. The van der Waals surface area contributed by atoms with E-state index in [0.29, 0.717) is 39.5 Å². The van der Waals surface area contributed by atoms with Crippen LogP contribution in [0.4, 0.5) is 5.95 Å². The van der Waals surface area contributed by atoms with E-state index in [0.717, 1.165) is 100 Å². The summed E-state index contributed by atoms with van der Waals surface area (Å²) in [4.78, 5) is 71.6. The highest BCUT2D eigenvalue weighted by Crippen LogP contribution is 2.40. The van der Waals surface area contributed by atoms with Crippen LogP contribution in [0.2, 0.25) is 0 Å². The van der Waals surface area contributed by atoms with E-state index in [9.17, 15) is 19.2 Å². The number of nitrogens with zero attached hydrogens (tertiary/aromatic N) is 7. The van der Waals surface area contributed by atoms with Gasteiger partial charge in [0.1, 0.15) is 0 Å². The number of benzene rings is 4. The summed E-state index contributed by atoms with van der Waals surface area (Å²) in [7, 11) is 8.18. The van der Waals surface area contributed by atoms with E-state index >= 15 is 0 Å². The van der Waals surface area contributed by atoms with Gasteiger partial charge in [-0.15, -0.1) is 0 Å². The molecule has 65 heavy (non-hydrogen) atoms. The average Bonchev–Trinajstić information content (AvgIpc) is 4.11. The molecule has 4 aromatic heterocycles. The van der Waals surface area contributed by atoms with Gasteiger partial charge in [0.25, 0.3) is 23.6 Å². The molecular weight excluding hydrogens is 817 g/mol. The Balaban J connectivity index is 0.000000153. The largest absolute Gasteiger partial charge is 0.361 e. The summed E-state index contributed by atoms with van der Waals surface area (Å²) in [6.07, 6.45) is 6.74. The number of aryl methyl sites for hydroxylation is 2. The summed E-state index contributed by atoms with van der Waals surface area (Å²) in [5.74, 6) is -0.952. The molecule has 3 N–H and O–H groups in total. The molecular formula is C51H48N10O4. The fourth-order valence-corrected chi connectivity index (χ4v) is 9.32. The molecule has 4 aromatic carbocycles. The Morgan fingerprint density at radius 1 is 0.585 bits per heavy atom. The van der Waals surface area contributed by atoms with E-state index in [4.69, 9.17) is 9.97 Å². The first-order valence-corrected chi connectivity index (χ1v) is 21.8. The molecule has 3 aliphatic rings. The van der Waals surface area contributed by atoms with Gasteiger partial charge in [-0.1, -0.05) is 72.8 Å². The number of piperazine rings is 1. The molecule has 0 bridgehead atoms. The Morgan fingerprint density at radius 2 is 1.14 bits per heavy atom. The highest BCUT2D eigenvalue weighted by atomic mass is 16.2. The van der Waals surface area contributed by atoms with Crippen molar-refractivity contribution < 1.29 is 19.2 Å². The number of nitrogens with one attached hydrogen (secondary N) is 3. The molecule has 0 spiro atoms. The fourth-order valence-electron chi connectivity index (χ4n) is 9.32. The van der Waals surface area contributed by atoms with Crippen LogP contribution < -0.4 is 15.5 Å². The SMILES string of the molecule is CN(C)CCCn1cc(C2=C(c3cn(C)c4ccccc34)C(=O)NC2=O)c2ccccc21.CN1CCN(c2nc(C3=C(c4c[nH]c5ccccc45)C(=O)NC3=O)c3ccccc3n2)CC1. The third kappa shape index (κ3) is 7.45. The monoisotopic (exact) mass is 864 g/mol. The predicted octanol–water partition coefficient (Wildman–Crippen LogP) is 6.08.